The number of thiophene rings is 1. The Balaban J connectivity index is 2.68. The van der Waals surface area contributed by atoms with Crippen molar-refractivity contribution in [2.75, 3.05) is 0 Å². The van der Waals surface area contributed by atoms with E-state index in [-0.39, 0.29) is 6.61 Å². The van der Waals surface area contributed by atoms with Gasteiger partial charge in [-0.2, -0.15) is 0 Å². The monoisotopic (exact) mass is 334 g/mol. The summed E-state index contributed by atoms with van der Waals surface area (Å²) in [7, 11) is 0. The van der Waals surface area contributed by atoms with Crippen LogP contribution in [0, 0.1) is 0 Å². The molecule has 1 nitrogen and oxygen atoms in total. The first-order chi connectivity index (χ1) is 6.74. The minimum Gasteiger partial charge on any atom is -0.392 e. The normalized spacial score (nSPS) is 11.1. The van der Waals surface area contributed by atoms with Gasteiger partial charge in [-0.25, -0.2) is 0 Å². The second-order valence-corrected chi connectivity index (χ2v) is 6.02. The Bertz CT molecular complexity index is 423. The fraction of sp³-hybridized carbons (Fsp3) is 0.200. The molecule has 14 heavy (non-hydrogen) atoms. The van der Waals surface area contributed by atoms with Gasteiger partial charge in [-0.3, -0.25) is 0 Å². The first-order valence-electron chi connectivity index (χ1n) is 4.12. The summed E-state index contributed by atoms with van der Waals surface area (Å²) in [6, 6.07) is 6.28. The van der Waals surface area contributed by atoms with Gasteiger partial charge in [0.15, 0.2) is 0 Å². The Morgan fingerprint density at radius 3 is 2.64 bits per heavy atom. The van der Waals surface area contributed by atoms with E-state index in [0.29, 0.717) is 0 Å². The van der Waals surface area contributed by atoms with Crippen LogP contribution in [0.3, 0.4) is 0 Å². The lowest BCUT2D eigenvalue weighted by Gasteiger charge is -2.03. The molecule has 4 heteroatoms. The highest BCUT2D eigenvalue weighted by Gasteiger charge is 2.05. The molecule has 1 aromatic carbocycles. The number of aliphatic hydroxyl groups excluding tert-OH is 1. The van der Waals surface area contributed by atoms with Gasteiger partial charge in [0, 0.05) is 10.0 Å². The van der Waals surface area contributed by atoms with Crippen molar-refractivity contribution in [1.29, 1.82) is 0 Å². The average Bonchev–Trinajstić information content (AvgIpc) is 2.54. The third-order valence-electron chi connectivity index (χ3n) is 2.12. The van der Waals surface area contributed by atoms with Gasteiger partial charge in [0.1, 0.15) is 0 Å². The van der Waals surface area contributed by atoms with E-state index in [0.717, 1.165) is 20.2 Å². The van der Waals surface area contributed by atoms with Crippen LogP contribution < -0.4 is 0 Å². The largest absolute Gasteiger partial charge is 0.392 e. The Morgan fingerprint density at radius 2 is 2.00 bits per heavy atom. The third kappa shape index (κ3) is 1.89. The molecule has 74 valence electrons. The minimum absolute atomic E-state index is 0.104. The summed E-state index contributed by atoms with van der Waals surface area (Å²) >= 11 is 8.58. The van der Waals surface area contributed by atoms with E-state index in [1.807, 2.05) is 0 Å². The molecule has 0 saturated carbocycles. The molecule has 2 rings (SSSR count). The molecule has 1 heterocycles. The molecule has 0 fully saturated rings. The lowest BCUT2D eigenvalue weighted by molar-refractivity contribution is 0.281. The summed E-state index contributed by atoms with van der Waals surface area (Å²) in [5.41, 5.74) is 2.16. The summed E-state index contributed by atoms with van der Waals surface area (Å²) in [4.78, 5) is 0. The van der Waals surface area contributed by atoms with Crippen molar-refractivity contribution < 1.29 is 5.11 Å². The van der Waals surface area contributed by atoms with Crippen LogP contribution in [0.2, 0.25) is 0 Å². The molecule has 0 radical (unpaired) electrons. The van der Waals surface area contributed by atoms with Crippen LogP contribution in [0.15, 0.2) is 22.0 Å². The summed E-state index contributed by atoms with van der Waals surface area (Å²) in [6.07, 6.45) is 0. The molecule has 0 aliphatic heterocycles. The maximum absolute atomic E-state index is 9.19. The summed E-state index contributed by atoms with van der Waals surface area (Å²) in [5, 5.41) is 11.2. The van der Waals surface area contributed by atoms with Crippen LogP contribution in [0.4, 0.5) is 0 Å². The van der Waals surface area contributed by atoms with E-state index in [1.165, 1.54) is 10.1 Å². The lowest BCUT2D eigenvalue weighted by atomic mass is 10.1. The van der Waals surface area contributed by atoms with Crippen LogP contribution in [0.1, 0.15) is 11.1 Å². The average molecular weight is 336 g/mol. The van der Waals surface area contributed by atoms with Gasteiger partial charge in [0.25, 0.3) is 0 Å². The molecular formula is C10H8Br2OS. The van der Waals surface area contributed by atoms with Crippen LogP contribution in [0.25, 0.3) is 10.1 Å². The summed E-state index contributed by atoms with van der Waals surface area (Å²) in [5.74, 6) is 0. The third-order valence-corrected chi connectivity index (χ3v) is 4.33. The highest BCUT2D eigenvalue weighted by molar-refractivity contribution is 9.11. The number of fused-ring (bicyclic) bond motifs is 1. The quantitative estimate of drug-likeness (QED) is 0.821. The summed E-state index contributed by atoms with van der Waals surface area (Å²) < 4.78 is 2.34. The van der Waals surface area contributed by atoms with Crippen LogP contribution >= 0.6 is 43.2 Å². The number of aliphatic hydroxyl groups is 1. The highest BCUT2D eigenvalue weighted by Crippen LogP contribution is 2.32. The molecule has 0 aliphatic rings. The van der Waals surface area contributed by atoms with E-state index in [2.05, 4.69) is 50.1 Å². The molecule has 0 amide bonds. The van der Waals surface area contributed by atoms with E-state index in [1.54, 1.807) is 11.3 Å². The summed E-state index contributed by atoms with van der Waals surface area (Å²) in [6.45, 7) is 0.104. The van der Waals surface area contributed by atoms with Gasteiger partial charge in [0.05, 0.1) is 10.4 Å². The van der Waals surface area contributed by atoms with Crippen molar-refractivity contribution in [1.82, 2.24) is 0 Å². The zero-order chi connectivity index (χ0) is 10.1. The van der Waals surface area contributed by atoms with Gasteiger partial charge in [-0.15, -0.1) is 11.3 Å². The maximum Gasteiger partial charge on any atom is 0.0711 e. The smallest absolute Gasteiger partial charge is 0.0711 e. The molecule has 0 spiro atoms. The number of benzene rings is 1. The van der Waals surface area contributed by atoms with Crippen molar-refractivity contribution in [2.45, 2.75) is 11.9 Å². The number of rotatable bonds is 2. The predicted molar refractivity (Wildman–Crippen MR) is 68.1 cm³/mol. The molecule has 0 aliphatic carbocycles. The second kappa shape index (κ2) is 4.31. The topological polar surface area (TPSA) is 20.2 Å². The van der Waals surface area contributed by atoms with Crippen molar-refractivity contribution in [3.05, 3.63) is 33.1 Å². The van der Waals surface area contributed by atoms with Gasteiger partial charge in [-0.05, 0) is 50.6 Å². The van der Waals surface area contributed by atoms with E-state index in [4.69, 9.17) is 0 Å². The zero-order valence-corrected chi connectivity index (χ0v) is 11.2. The van der Waals surface area contributed by atoms with Crippen LogP contribution in [-0.4, -0.2) is 5.11 Å². The van der Waals surface area contributed by atoms with Gasteiger partial charge < -0.3 is 5.11 Å². The standard InChI is InChI=1S/C10H8Br2OS/c11-4-7-1-6-3-10(12)14-9(6)2-8(7)5-13/h1-3,13H,4-5H2. The number of alkyl halides is 1. The molecular weight excluding hydrogens is 328 g/mol. The first-order valence-corrected chi connectivity index (χ1v) is 6.85. The Labute approximate surface area is 103 Å². The molecule has 1 N–H and O–H groups in total. The Kier molecular flexibility index (Phi) is 3.27. The second-order valence-electron chi connectivity index (χ2n) is 3.00. The van der Waals surface area contributed by atoms with E-state index < -0.39 is 0 Å². The zero-order valence-electron chi connectivity index (χ0n) is 7.26. The first kappa shape index (κ1) is 10.6. The molecule has 2 aromatic rings. The fourth-order valence-electron chi connectivity index (χ4n) is 1.42. The number of halogens is 2. The Morgan fingerprint density at radius 1 is 1.21 bits per heavy atom. The molecule has 0 unspecified atom stereocenters. The van der Waals surface area contributed by atoms with Crippen molar-refractivity contribution >= 4 is 53.3 Å². The predicted octanol–water partition coefficient (Wildman–Crippen LogP) is 4.05. The van der Waals surface area contributed by atoms with Gasteiger partial charge >= 0.3 is 0 Å². The van der Waals surface area contributed by atoms with E-state index >= 15 is 0 Å². The molecule has 0 atom stereocenters. The van der Waals surface area contributed by atoms with Crippen molar-refractivity contribution in [3.8, 4) is 0 Å². The van der Waals surface area contributed by atoms with E-state index in [9.17, 15) is 5.11 Å². The maximum atomic E-state index is 9.19. The molecule has 1 aromatic heterocycles. The lowest BCUT2D eigenvalue weighted by Crippen LogP contribution is -1.89. The number of hydrogen-bond donors (Lipinski definition) is 1. The minimum atomic E-state index is 0.104. The van der Waals surface area contributed by atoms with Crippen LogP contribution in [0.5, 0.6) is 0 Å². The SMILES string of the molecule is OCc1cc2sc(Br)cc2cc1CBr. The Hall–Kier alpha value is 0.1000. The van der Waals surface area contributed by atoms with Gasteiger partial charge in [0.2, 0.25) is 0 Å². The van der Waals surface area contributed by atoms with Crippen molar-refractivity contribution in [2.24, 2.45) is 0 Å². The number of hydrogen-bond acceptors (Lipinski definition) is 2. The van der Waals surface area contributed by atoms with Crippen LogP contribution in [-0.2, 0) is 11.9 Å². The van der Waals surface area contributed by atoms with Crippen molar-refractivity contribution in [3.63, 3.8) is 0 Å². The molecule has 0 bridgehead atoms. The highest BCUT2D eigenvalue weighted by atomic mass is 79.9. The van der Waals surface area contributed by atoms with Gasteiger partial charge in [-0.1, -0.05) is 15.9 Å². The molecule has 0 saturated heterocycles. The fourth-order valence-corrected chi connectivity index (χ4v) is 3.54.